The van der Waals surface area contributed by atoms with Crippen LogP contribution in [0.4, 0.5) is 0 Å². The van der Waals surface area contributed by atoms with E-state index in [4.69, 9.17) is 0 Å². The van der Waals surface area contributed by atoms with Gasteiger partial charge in [-0.1, -0.05) is 0 Å². The van der Waals surface area contributed by atoms with E-state index in [9.17, 15) is 14.4 Å². The van der Waals surface area contributed by atoms with Gasteiger partial charge >= 0.3 is 5.97 Å². The van der Waals surface area contributed by atoms with Crippen molar-refractivity contribution < 1.29 is 9.53 Å². The highest BCUT2D eigenvalue weighted by atomic mass is 16.5. The molecule has 0 spiro atoms. The Morgan fingerprint density at radius 3 is 2.62 bits per heavy atom. The second kappa shape index (κ2) is 4.34. The first-order chi connectivity index (χ1) is 7.36. The van der Waals surface area contributed by atoms with E-state index < -0.39 is 11.4 Å². The van der Waals surface area contributed by atoms with Crippen molar-refractivity contribution in [3.63, 3.8) is 0 Å². The SMILES string of the molecule is COC(=O)C(C)(C)Cn1[nH]c(=O)ccc1=O. The number of carbonyl (C=O) groups is 1. The molecule has 0 aliphatic carbocycles. The van der Waals surface area contributed by atoms with Crippen molar-refractivity contribution in [2.75, 3.05) is 7.11 Å². The van der Waals surface area contributed by atoms with Gasteiger partial charge in [0.05, 0.1) is 19.1 Å². The summed E-state index contributed by atoms with van der Waals surface area (Å²) in [6.45, 7) is 3.34. The minimum Gasteiger partial charge on any atom is -0.469 e. The molecule has 1 aromatic heterocycles. The molecule has 1 heterocycles. The van der Waals surface area contributed by atoms with E-state index in [2.05, 4.69) is 9.84 Å². The molecule has 0 saturated heterocycles. The number of nitrogens with zero attached hydrogens (tertiary/aromatic N) is 1. The van der Waals surface area contributed by atoms with Gasteiger partial charge in [0.1, 0.15) is 0 Å². The second-order valence-corrected chi connectivity index (χ2v) is 4.11. The van der Waals surface area contributed by atoms with Crippen LogP contribution < -0.4 is 11.1 Å². The lowest BCUT2D eigenvalue weighted by atomic mass is 9.94. The standard InChI is InChI=1S/C10H14N2O4/c1-10(2,9(15)16-3)6-12-8(14)5-4-7(13)11-12/h4-5H,6H2,1-3H3,(H,11,13). The third-order valence-corrected chi connectivity index (χ3v) is 2.18. The van der Waals surface area contributed by atoms with Gasteiger partial charge in [-0.25, -0.2) is 4.68 Å². The van der Waals surface area contributed by atoms with E-state index in [1.165, 1.54) is 7.11 Å². The van der Waals surface area contributed by atoms with Crippen molar-refractivity contribution in [2.45, 2.75) is 20.4 Å². The van der Waals surface area contributed by atoms with Gasteiger partial charge in [-0.3, -0.25) is 19.5 Å². The second-order valence-electron chi connectivity index (χ2n) is 4.11. The Bertz CT molecular complexity index is 498. The number of nitrogens with one attached hydrogen (secondary N) is 1. The summed E-state index contributed by atoms with van der Waals surface area (Å²) in [6.07, 6.45) is 0. The van der Waals surface area contributed by atoms with Crippen LogP contribution in [0.1, 0.15) is 13.8 Å². The Morgan fingerprint density at radius 1 is 1.44 bits per heavy atom. The predicted octanol–water partition coefficient (Wildman–Crippen LogP) is -0.264. The third kappa shape index (κ3) is 2.59. The smallest absolute Gasteiger partial charge is 0.313 e. The third-order valence-electron chi connectivity index (χ3n) is 2.18. The molecule has 0 aliphatic heterocycles. The van der Waals surface area contributed by atoms with Crippen LogP contribution in [0.25, 0.3) is 0 Å². The molecular formula is C10H14N2O4. The quantitative estimate of drug-likeness (QED) is 0.720. The van der Waals surface area contributed by atoms with Crippen molar-refractivity contribution in [1.29, 1.82) is 0 Å². The zero-order valence-electron chi connectivity index (χ0n) is 9.44. The molecule has 1 aromatic rings. The summed E-state index contributed by atoms with van der Waals surface area (Å²) in [4.78, 5) is 33.8. The minimum absolute atomic E-state index is 0.0641. The molecule has 0 saturated carbocycles. The Kier molecular flexibility index (Phi) is 3.31. The van der Waals surface area contributed by atoms with Gasteiger partial charge in [0.25, 0.3) is 11.1 Å². The van der Waals surface area contributed by atoms with Gasteiger partial charge in [-0.05, 0) is 13.8 Å². The zero-order chi connectivity index (χ0) is 12.3. The Balaban J connectivity index is 3.05. The van der Waals surface area contributed by atoms with E-state index >= 15 is 0 Å². The van der Waals surface area contributed by atoms with Crippen LogP contribution in [0.15, 0.2) is 21.7 Å². The summed E-state index contributed by atoms with van der Waals surface area (Å²) in [6, 6.07) is 2.30. The molecule has 0 aromatic carbocycles. The molecule has 0 amide bonds. The van der Waals surface area contributed by atoms with Gasteiger partial charge in [0.15, 0.2) is 0 Å². The summed E-state index contributed by atoms with van der Waals surface area (Å²) in [5.74, 6) is -0.441. The fourth-order valence-electron chi connectivity index (χ4n) is 1.32. The number of hydrogen-bond donors (Lipinski definition) is 1. The van der Waals surface area contributed by atoms with Crippen molar-refractivity contribution in [3.8, 4) is 0 Å². The number of hydrogen-bond acceptors (Lipinski definition) is 4. The van der Waals surface area contributed by atoms with Crippen LogP contribution in [0.3, 0.4) is 0 Å². The maximum Gasteiger partial charge on any atom is 0.313 e. The molecule has 88 valence electrons. The summed E-state index contributed by atoms with van der Waals surface area (Å²) >= 11 is 0. The Labute approximate surface area is 91.8 Å². The lowest BCUT2D eigenvalue weighted by Crippen LogP contribution is -2.38. The normalized spacial score (nSPS) is 11.2. The molecule has 0 aliphatic rings. The fourth-order valence-corrected chi connectivity index (χ4v) is 1.32. The maximum atomic E-state index is 11.4. The Hall–Kier alpha value is -1.85. The van der Waals surface area contributed by atoms with Crippen molar-refractivity contribution in [3.05, 3.63) is 32.8 Å². The lowest BCUT2D eigenvalue weighted by Gasteiger charge is -2.21. The molecule has 0 radical (unpaired) electrons. The molecule has 1 rings (SSSR count). The highest BCUT2D eigenvalue weighted by molar-refractivity contribution is 5.75. The summed E-state index contributed by atoms with van der Waals surface area (Å²) in [5.41, 5.74) is -1.63. The van der Waals surface area contributed by atoms with Crippen molar-refractivity contribution in [1.82, 2.24) is 9.78 Å². The monoisotopic (exact) mass is 226 g/mol. The number of rotatable bonds is 3. The van der Waals surface area contributed by atoms with E-state index in [0.29, 0.717) is 0 Å². The van der Waals surface area contributed by atoms with Gasteiger partial charge < -0.3 is 4.74 Å². The van der Waals surface area contributed by atoms with Crippen LogP contribution in [-0.2, 0) is 16.1 Å². The van der Waals surface area contributed by atoms with E-state index in [-0.39, 0.29) is 17.7 Å². The summed E-state index contributed by atoms with van der Waals surface area (Å²) < 4.78 is 5.71. The van der Waals surface area contributed by atoms with E-state index in [1.807, 2.05) is 0 Å². The van der Waals surface area contributed by atoms with Crippen LogP contribution in [0.2, 0.25) is 0 Å². The lowest BCUT2D eigenvalue weighted by molar-refractivity contribution is -0.151. The number of carbonyl (C=O) groups excluding carboxylic acids is 1. The van der Waals surface area contributed by atoms with Crippen molar-refractivity contribution in [2.24, 2.45) is 5.41 Å². The number of methoxy groups -OCH3 is 1. The topological polar surface area (TPSA) is 81.2 Å². The van der Waals surface area contributed by atoms with Gasteiger partial charge in [-0.2, -0.15) is 0 Å². The van der Waals surface area contributed by atoms with Gasteiger partial charge in [0, 0.05) is 12.1 Å². The molecule has 0 atom stereocenters. The molecule has 6 heteroatoms. The predicted molar refractivity (Wildman–Crippen MR) is 57.1 cm³/mol. The molecule has 0 fully saturated rings. The number of esters is 1. The number of aromatic amines is 1. The highest BCUT2D eigenvalue weighted by Crippen LogP contribution is 2.18. The first-order valence-electron chi connectivity index (χ1n) is 4.75. The van der Waals surface area contributed by atoms with Crippen molar-refractivity contribution >= 4 is 5.97 Å². The van der Waals surface area contributed by atoms with Gasteiger partial charge in [-0.15, -0.1) is 0 Å². The molecule has 6 nitrogen and oxygen atoms in total. The molecule has 0 bridgehead atoms. The van der Waals surface area contributed by atoms with Gasteiger partial charge in [0.2, 0.25) is 0 Å². The average Bonchev–Trinajstić information content (AvgIpc) is 2.22. The molecule has 1 N–H and O–H groups in total. The Morgan fingerprint density at radius 2 is 2.06 bits per heavy atom. The van der Waals surface area contributed by atoms with Crippen LogP contribution in [0, 0.1) is 5.41 Å². The molecule has 16 heavy (non-hydrogen) atoms. The van der Waals surface area contributed by atoms with Crippen LogP contribution >= 0.6 is 0 Å². The number of aromatic nitrogens is 2. The van der Waals surface area contributed by atoms with Crippen LogP contribution in [-0.4, -0.2) is 22.9 Å². The number of ether oxygens (including phenoxy) is 1. The first-order valence-corrected chi connectivity index (χ1v) is 4.75. The fraction of sp³-hybridized carbons (Fsp3) is 0.500. The minimum atomic E-state index is -0.872. The summed E-state index contributed by atoms with van der Waals surface area (Å²) in [7, 11) is 1.28. The van der Waals surface area contributed by atoms with E-state index in [1.54, 1.807) is 13.8 Å². The highest BCUT2D eigenvalue weighted by Gasteiger charge is 2.29. The molecule has 0 unspecified atom stereocenters. The maximum absolute atomic E-state index is 11.4. The van der Waals surface area contributed by atoms with Crippen LogP contribution in [0.5, 0.6) is 0 Å². The number of H-pyrrole nitrogens is 1. The van der Waals surface area contributed by atoms with E-state index in [0.717, 1.165) is 16.8 Å². The largest absolute Gasteiger partial charge is 0.469 e. The first kappa shape index (κ1) is 12.2. The summed E-state index contributed by atoms with van der Waals surface area (Å²) in [5, 5.41) is 2.35. The molecular weight excluding hydrogens is 212 g/mol. The average molecular weight is 226 g/mol. The zero-order valence-corrected chi connectivity index (χ0v) is 9.44.